The molecule has 0 saturated heterocycles. The van der Waals surface area contributed by atoms with Crippen LogP contribution in [-0.4, -0.2) is 29.1 Å². The van der Waals surface area contributed by atoms with Crippen LogP contribution in [0, 0.1) is 0 Å². The number of aromatic nitrogens is 2. The van der Waals surface area contributed by atoms with Crippen molar-refractivity contribution < 1.29 is 14.3 Å². The van der Waals surface area contributed by atoms with Gasteiger partial charge in [0.05, 0.1) is 19.0 Å². The number of esters is 1. The van der Waals surface area contributed by atoms with Crippen molar-refractivity contribution in [1.29, 1.82) is 0 Å². The minimum atomic E-state index is -0.418. The molecule has 1 aromatic heterocycles. The highest BCUT2D eigenvalue weighted by molar-refractivity contribution is 5.90. The summed E-state index contributed by atoms with van der Waals surface area (Å²) in [5.74, 6) is -0.418. The average Bonchev–Trinajstić information content (AvgIpc) is 2.56. The molecule has 0 aliphatic heterocycles. The molecule has 1 rings (SSSR count). The Morgan fingerprint density at radius 2 is 2.43 bits per heavy atom. The Morgan fingerprint density at radius 1 is 1.71 bits per heavy atom. The van der Waals surface area contributed by atoms with Crippen LogP contribution in [0.25, 0.3) is 0 Å². The van der Waals surface area contributed by atoms with E-state index in [0.29, 0.717) is 18.4 Å². The van der Waals surface area contributed by atoms with Gasteiger partial charge in [-0.3, -0.25) is 4.68 Å². The van der Waals surface area contributed by atoms with Crippen LogP contribution in [-0.2, 0) is 23.0 Å². The maximum Gasteiger partial charge on any atom is 0.341 e. The van der Waals surface area contributed by atoms with Crippen LogP contribution in [0.1, 0.15) is 22.5 Å². The van der Waals surface area contributed by atoms with Crippen LogP contribution in [0.2, 0.25) is 0 Å². The Balaban J connectivity index is 2.93. The molecular formula is C9H12N2O3. The number of aldehydes is 1. The van der Waals surface area contributed by atoms with E-state index in [1.807, 2.05) is 0 Å². The third-order valence-corrected chi connectivity index (χ3v) is 1.97. The van der Waals surface area contributed by atoms with Gasteiger partial charge in [-0.05, 0) is 6.42 Å². The Morgan fingerprint density at radius 3 is 3.00 bits per heavy atom. The Labute approximate surface area is 81.7 Å². The van der Waals surface area contributed by atoms with Gasteiger partial charge in [-0.2, -0.15) is 5.10 Å². The number of aryl methyl sites for hydroxylation is 1. The van der Waals surface area contributed by atoms with Crippen LogP contribution < -0.4 is 0 Å². The smallest absolute Gasteiger partial charge is 0.341 e. The fraction of sp³-hybridized carbons (Fsp3) is 0.444. The van der Waals surface area contributed by atoms with Gasteiger partial charge in [0.25, 0.3) is 0 Å². The van der Waals surface area contributed by atoms with Crippen LogP contribution in [0.15, 0.2) is 6.20 Å². The van der Waals surface area contributed by atoms with Crippen LogP contribution in [0.3, 0.4) is 0 Å². The largest absolute Gasteiger partial charge is 0.465 e. The Kier molecular flexibility index (Phi) is 3.39. The monoisotopic (exact) mass is 196 g/mol. The predicted molar refractivity (Wildman–Crippen MR) is 48.9 cm³/mol. The summed E-state index contributed by atoms with van der Waals surface area (Å²) in [5, 5.41) is 3.94. The third-order valence-electron chi connectivity index (χ3n) is 1.97. The molecule has 0 N–H and O–H groups in total. The van der Waals surface area contributed by atoms with Crippen molar-refractivity contribution in [2.45, 2.75) is 12.8 Å². The van der Waals surface area contributed by atoms with Gasteiger partial charge in [0, 0.05) is 13.5 Å². The molecule has 0 saturated carbocycles. The van der Waals surface area contributed by atoms with E-state index in [1.54, 1.807) is 11.7 Å². The third kappa shape index (κ3) is 1.99. The van der Waals surface area contributed by atoms with Crippen molar-refractivity contribution in [3.05, 3.63) is 17.5 Å². The molecule has 0 amide bonds. The summed E-state index contributed by atoms with van der Waals surface area (Å²) >= 11 is 0. The molecule has 0 spiro atoms. The average molecular weight is 196 g/mol. The lowest BCUT2D eigenvalue weighted by Crippen LogP contribution is -2.07. The molecular weight excluding hydrogens is 184 g/mol. The van der Waals surface area contributed by atoms with Crippen molar-refractivity contribution >= 4 is 12.3 Å². The number of ether oxygens (including phenoxy) is 1. The molecule has 14 heavy (non-hydrogen) atoms. The first-order valence-corrected chi connectivity index (χ1v) is 4.23. The molecule has 0 unspecified atom stereocenters. The molecule has 0 atom stereocenters. The van der Waals surface area contributed by atoms with E-state index in [2.05, 4.69) is 9.84 Å². The first-order chi connectivity index (χ1) is 6.70. The zero-order valence-electron chi connectivity index (χ0n) is 8.19. The van der Waals surface area contributed by atoms with E-state index in [1.165, 1.54) is 13.3 Å². The predicted octanol–water partition coefficient (Wildman–Crippen LogP) is 0.338. The summed E-state index contributed by atoms with van der Waals surface area (Å²) < 4.78 is 6.17. The molecule has 0 aliphatic rings. The molecule has 1 heterocycles. The molecule has 0 radical (unpaired) electrons. The maximum absolute atomic E-state index is 11.2. The molecule has 0 bridgehead atoms. The van der Waals surface area contributed by atoms with Gasteiger partial charge in [0.2, 0.25) is 0 Å². The van der Waals surface area contributed by atoms with Crippen LogP contribution in [0.5, 0.6) is 0 Å². The molecule has 0 aliphatic carbocycles. The quantitative estimate of drug-likeness (QED) is 0.514. The molecule has 1 aromatic rings. The molecule has 5 nitrogen and oxygen atoms in total. The van der Waals surface area contributed by atoms with E-state index in [0.717, 1.165) is 12.0 Å². The summed E-state index contributed by atoms with van der Waals surface area (Å²) in [6.07, 6.45) is 3.15. The van der Waals surface area contributed by atoms with Gasteiger partial charge in [-0.1, -0.05) is 0 Å². The first kappa shape index (κ1) is 10.4. The van der Waals surface area contributed by atoms with E-state index >= 15 is 0 Å². The second-order valence-corrected chi connectivity index (χ2v) is 2.83. The summed E-state index contributed by atoms with van der Waals surface area (Å²) in [6.45, 7) is 0. The summed E-state index contributed by atoms with van der Waals surface area (Å²) in [6, 6.07) is 0. The first-order valence-electron chi connectivity index (χ1n) is 4.23. The van der Waals surface area contributed by atoms with Crippen molar-refractivity contribution in [3.63, 3.8) is 0 Å². The van der Waals surface area contributed by atoms with Gasteiger partial charge >= 0.3 is 5.97 Å². The van der Waals surface area contributed by atoms with Gasteiger partial charge in [0.1, 0.15) is 11.8 Å². The highest BCUT2D eigenvalue weighted by Gasteiger charge is 2.15. The normalized spacial score (nSPS) is 9.86. The number of rotatable bonds is 4. The van der Waals surface area contributed by atoms with Gasteiger partial charge < -0.3 is 9.53 Å². The fourth-order valence-corrected chi connectivity index (χ4v) is 1.24. The lowest BCUT2D eigenvalue weighted by atomic mass is 10.1. The van der Waals surface area contributed by atoms with Crippen molar-refractivity contribution in [1.82, 2.24) is 9.78 Å². The van der Waals surface area contributed by atoms with E-state index in [4.69, 9.17) is 0 Å². The minimum Gasteiger partial charge on any atom is -0.465 e. The second kappa shape index (κ2) is 4.55. The SMILES string of the molecule is COC(=O)c1cnn(C)c1CCC=O. The fourth-order valence-electron chi connectivity index (χ4n) is 1.24. The number of hydrogen-bond donors (Lipinski definition) is 0. The van der Waals surface area contributed by atoms with E-state index in [9.17, 15) is 9.59 Å². The van der Waals surface area contributed by atoms with Crippen molar-refractivity contribution in [2.75, 3.05) is 7.11 Å². The number of nitrogens with zero attached hydrogens (tertiary/aromatic N) is 2. The van der Waals surface area contributed by atoms with Crippen LogP contribution >= 0.6 is 0 Å². The van der Waals surface area contributed by atoms with Crippen molar-refractivity contribution in [2.24, 2.45) is 7.05 Å². The number of hydrogen-bond acceptors (Lipinski definition) is 4. The van der Waals surface area contributed by atoms with Crippen LogP contribution in [0.4, 0.5) is 0 Å². The van der Waals surface area contributed by atoms with Gasteiger partial charge in [-0.15, -0.1) is 0 Å². The van der Waals surface area contributed by atoms with E-state index < -0.39 is 5.97 Å². The Hall–Kier alpha value is -1.65. The summed E-state index contributed by atoms with van der Waals surface area (Å²) in [7, 11) is 3.05. The topological polar surface area (TPSA) is 61.2 Å². The zero-order valence-corrected chi connectivity index (χ0v) is 8.19. The number of carbonyl (C=O) groups is 2. The van der Waals surface area contributed by atoms with E-state index in [-0.39, 0.29) is 0 Å². The highest BCUT2D eigenvalue weighted by atomic mass is 16.5. The lowest BCUT2D eigenvalue weighted by molar-refractivity contribution is -0.107. The van der Waals surface area contributed by atoms with Gasteiger partial charge in [-0.25, -0.2) is 4.79 Å². The van der Waals surface area contributed by atoms with Gasteiger partial charge in [0.15, 0.2) is 0 Å². The second-order valence-electron chi connectivity index (χ2n) is 2.83. The summed E-state index contributed by atoms with van der Waals surface area (Å²) in [5.41, 5.74) is 1.15. The minimum absolute atomic E-state index is 0.378. The standard InChI is InChI=1S/C9H12N2O3/c1-11-8(4-3-5-12)7(6-10-11)9(13)14-2/h5-6H,3-4H2,1-2H3. The lowest BCUT2D eigenvalue weighted by Gasteiger charge is -2.02. The molecule has 0 fully saturated rings. The number of methoxy groups -OCH3 is 1. The molecule has 76 valence electrons. The summed E-state index contributed by atoms with van der Waals surface area (Å²) in [4.78, 5) is 21.5. The zero-order chi connectivity index (χ0) is 10.6. The Bertz CT molecular complexity index is 344. The number of carbonyl (C=O) groups excluding carboxylic acids is 2. The molecule has 0 aromatic carbocycles. The molecule has 5 heteroatoms. The van der Waals surface area contributed by atoms with Crippen molar-refractivity contribution in [3.8, 4) is 0 Å². The maximum atomic E-state index is 11.2. The highest BCUT2D eigenvalue weighted by Crippen LogP contribution is 2.10.